The van der Waals surface area contributed by atoms with E-state index in [1.54, 1.807) is 23.4 Å². The predicted octanol–water partition coefficient (Wildman–Crippen LogP) is 1.05. The second-order valence-corrected chi connectivity index (χ2v) is 7.06. The molecule has 4 heterocycles. The topological polar surface area (TPSA) is 82.5 Å². The molecule has 0 unspecified atom stereocenters. The van der Waals surface area contributed by atoms with Crippen LogP contribution in [0.1, 0.15) is 34.2 Å². The molecule has 140 valence electrons. The molecule has 1 saturated heterocycles. The molecule has 0 saturated carbocycles. The minimum absolute atomic E-state index is 0.0246. The van der Waals surface area contributed by atoms with Crippen LogP contribution in [0.2, 0.25) is 0 Å². The molecule has 0 radical (unpaired) electrons. The van der Waals surface area contributed by atoms with E-state index in [2.05, 4.69) is 19.9 Å². The molecule has 8 nitrogen and oxygen atoms in total. The van der Waals surface area contributed by atoms with Crippen LogP contribution in [0.4, 0.5) is 5.82 Å². The van der Waals surface area contributed by atoms with Crippen molar-refractivity contribution in [3.63, 3.8) is 0 Å². The number of piperazine rings is 1. The third kappa shape index (κ3) is 3.28. The number of hydrogen-bond acceptors (Lipinski definition) is 6. The minimum atomic E-state index is -0.483. The molecular formula is C19H22N6O2. The van der Waals surface area contributed by atoms with Crippen LogP contribution in [-0.4, -0.2) is 69.8 Å². The number of carbonyl (C=O) groups is 2. The normalized spacial score (nSPS) is 20.1. The van der Waals surface area contributed by atoms with Gasteiger partial charge in [0.2, 0.25) is 5.91 Å². The fourth-order valence-electron chi connectivity index (χ4n) is 3.54. The van der Waals surface area contributed by atoms with Gasteiger partial charge in [0.05, 0.1) is 18.2 Å². The van der Waals surface area contributed by atoms with Crippen LogP contribution in [0.5, 0.6) is 0 Å². The van der Waals surface area contributed by atoms with Crippen molar-refractivity contribution in [1.82, 2.24) is 24.8 Å². The third-order valence-corrected chi connectivity index (χ3v) is 5.14. The number of fused-ring (bicyclic) bond motifs is 1. The van der Waals surface area contributed by atoms with E-state index < -0.39 is 6.04 Å². The fourth-order valence-corrected chi connectivity index (χ4v) is 3.54. The number of carbonyl (C=O) groups excluding carboxylic acids is 2. The largest absolute Gasteiger partial charge is 0.340 e. The molecule has 0 N–H and O–H groups in total. The molecule has 1 fully saturated rings. The van der Waals surface area contributed by atoms with Crippen molar-refractivity contribution in [2.24, 2.45) is 0 Å². The second-order valence-electron chi connectivity index (χ2n) is 7.06. The van der Waals surface area contributed by atoms with Crippen LogP contribution in [0.25, 0.3) is 0 Å². The Morgan fingerprint density at radius 2 is 1.85 bits per heavy atom. The molecule has 27 heavy (non-hydrogen) atoms. The molecule has 4 rings (SSSR count). The van der Waals surface area contributed by atoms with Gasteiger partial charge in [-0.3, -0.25) is 19.5 Å². The maximum atomic E-state index is 12.9. The van der Waals surface area contributed by atoms with Gasteiger partial charge < -0.3 is 9.80 Å². The van der Waals surface area contributed by atoms with Gasteiger partial charge in [0.25, 0.3) is 5.91 Å². The fraction of sp³-hybridized carbons (Fsp3) is 0.421. The van der Waals surface area contributed by atoms with Gasteiger partial charge in [-0.2, -0.15) is 0 Å². The summed E-state index contributed by atoms with van der Waals surface area (Å²) < 4.78 is 0. The lowest BCUT2D eigenvalue weighted by Gasteiger charge is -2.33. The smallest absolute Gasteiger partial charge is 0.280 e. The summed E-state index contributed by atoms with van der Waals surface area (Å²) in [5, 5.41) is 0. The van der Waals surface area contributed by atoms with Crippen LogP contribution >= 0.6 is 0 Å². The molecular weight excluding hydrogens is 344 g/mol. The first-order valence-corrected chi connectivity index (χ1v) is 9.08. The number of amides is 2. The number of pyridine rings is 1. The van der Waals surface area contributed by atoms with Crippen LogP contribution in [0, 0.1) is 6.92 Å². The van der Waals surface area contributed by atoms with Crippen molar-refractivity contribution in [1.29, 1.82) is 0 Å². The minimum Gasteiger partial charge on any atom is -0.340 e. The zero-order valence-corrected chi connectivity index (χ0v) is 15.5. The first-order chi connectivity index (χ1) is 13.0. The number of rotatable bonds is 3. The molecule has 1 atom stereocenters. The summed E-state index contributed by atoms with van der Waals surface area (Å²) in [6, 6.07) is 3.22. The number of likely N-dealkylation sites (N-methyl/N-ethyl adjacent to an activating group) is 1. The van der Waals surface area contributed by atoms with Crippen LogP contribution in [0.15, 0.2) is 30.7 Å². The zero-order valence-electron chi connectivity index (χ0n) is 15.5. The maximum absolute atomic E-state index is 12.9. The molecule has 2 aromatic rings. The molecule has 0 spiro atoms. The van der Waals surface area contributed by atoms with Crippen molar-refractivity contribution < 1.29 is 9.59 Å². The van der Waals surface area contributed by atoms with Gasteiger partial charge in [0, 0.05) is 44.8 Å². The van der Waals surface area contributed by atoms with E-state index in [1.165, 1.54) is 6.20 Å². The third-order valence-electron chi connectivity index (χ3n) is 5.14. The lowest BCUT2D eigenvalue weighted by molar-refractivity contribution is -0.133. The Labute approximate surface area is 157 Å². The Balaban J connectivity index is 1.63. The first kappa shape index (κ1) is 17.5. The summed E-state index contributed by atoms with van der Waals surface area (Å²) in [6.07, 6.45) is 4.95. The standard InChI is InChI=1S/C19H22N6O2/c1-13-3-4-15(22-12-13)25-14(17-18(19(25)27)21-6-5-20-17)11-16(26)24-9-7-23(2)8-10-24/h3-6,12,14H,7-11H2,1-2H3/t14-/m1/s1. The van der Waals surface area contributed by atoms with Gasteiger partial charge in [-0.05, 0) is 25.6 Å². The summed E-state index contributed by atoms with van der Waals surface area (Å²) in [5.41, 5.74) is 1.85. The Hall–Kier alpha value is -2.87. The highest BCUT2D eigenvalue weighted by Crippen LogP contribution is 2.36. The van der Waals surface area contributed by atoms with E-state index in [1.807, 2.05) is 24.9 Å². The monoisotopic (exact) mass is 366 g/mol. The van der Waals surface area contributed by atoms with E-state index in [9.17, 15) is 9.59 Å². The Kier molecular flexibility index (Phi) is 4.57. The number of nitrogens with zero attached hydrogens (tertiary/aromatic N) is 6. The molecule has 8 heteroatoms. The predicted molar refractivity (Wildman–Crippen MR) is 99.3 cm³/mol. The van der Waals surface area contributed by atoms with E-state index in [0.29, 0.717) is 30.3 Å². The van der Waals surface area contributed by atoms with Crippen LogP contribution < -0.4 is 4.90 Å². The highest BCUT2D eigenvalue weighted by Gasteiger charge is 2.42. The Bertz CT molecular complexity index is 861. The molecule has 2 aliphatic rings. The maximum Gasteiger partial charge on any atom is 0.280 e. The number of aromatic nitrogens is 3. The van der Waals surface area contributed by atoms with Gasteiger partial charge in [-0.1, -0.05) is 6.07 Å². The van der Waals surface area contributed by atoms with Gasteiger partial charge in [-0.25, -0.2) is 9.97 Å². The van der Waals surface area contributed by atoms with Gasteiger partial charge in [0.15, 0.2) is 5.69 Å². The Morgan fingerprint density at radius 3 is 2.56 bits per heavy atom. The molecule has 0 aliphatic carbocycles. The van der Waals surface area contributed by atoms with E-state index >= 15 is 0 Å². The molecule has 2 amide bonds. The summed E-state index contributed by atoms with van der Waals surface area (Å²) in [4.78, 5) is 44.4. The first-order valence-electron chi connectivity index (χ1n) is 9.08. The quantitative estimate of drug-likeness (QED) is 0.807. The Morgan fingerprint density at radius 1 is 1.11 bits per heavy atom. The van der Waals surface area contributed by atoms with E-state index in [0.717, 1.165) is 18.7 Å². The van der Waals surface area contributed by atoms with Crippen molar-refractivity contribution >= 4 is 17.6 Å². The van der Waals surface area contributed by atoms with Gasteiger partial charge >= 0.3 is 0 Å². The molecule has 2 aliphatic heterocycles. The van der Waals surface area contributed by atoms with Gasteiger partial charge in [0.1, 0.15) is 5.82 Å². The zero-order chi connectivity index (χ0) is 19.0. The highest BCUT2D eigenvalue weighted by molar-refractivity contribution is 6.09. The van der Waals surface area contributed by atoms with Crippen molar-refractivity contribution in [3.05, 3.63) is 47.7 Å². The summed E-state index contributed by atoms with van der Waals surface area (Å²) >= 11 is 0. The average molecular weight is 366 g/mol. The molecule has 0 aromatic carbocycles. The lowest BCUT2D eigenvalue weighted by atomic mass is 10.1. The van der Waals surface area contributed by atoms with E-state index in [-0.39, 0.29) is 18.2 Å². The van der Waals surface area contributed by atoms with Gasteiger partial charge in [-0.15, -0.1) is 0 Å². The van der Waals surface area contributed by atoms with Crippen LogP contribution in [-0.2, 0) is 4.79 Å². The number of aryl methyl sites for hydroxylation is 1. The van der Waals surface area contributed by atoms with E-state index in [4.69, 9.17) is 0 Å². The summed E-state index contributed by atoms with van der Waals surface area (Å²) in [6.45, 7) is 5.05. The average Bonchev–Trinajstić information content (AvgIpc) is 2.95. The lowest BCUT2D eigenvalue weighted by Crippen LogP contribution is -2.48. The molecule has 0 bridgehead atoms. The number of anilines is 1. The summed E-state index contributed by atoms with van der Waals surface area (Å²) in [5.74, 6) is 0.281. The second kappa shape index (κ2) is 7.03. The van der Waals surface area contributed by atoms with Crippen molar-refractivity contribution in [2.75, 3.05) is 38.1 Å². The summed E-state index contributed by atoms with van der Waals surface area (Å²) in [7, 11) is 2.05. The molecule has 2 aromatic heterocycles. The SMILES string of the molecule is Cc1ccc(N2C(=O)c3nccnc3[C@H]2CC(=O)N2CCN(C)CC2)nc1. The van der Waals surface area contributed by atoms with Crippen molar-refractivity contribution in [3.8, 4) is 0 Å². The highest BCUT2D eigenvalue weighted by atomic mass is 16.2. The number of hydrogen-bond donors (Lipinski definition) is 0. The van der Waals surface area contributed by atoms with Crippen LogP contribution in [0.3, 0.4) is 0 Å². The van der Waals surface area contributed by atoms with Crippen molar-refractivity contribution in [2.45, 2.75) is 19.4 Å².